The Hall–Kier alpha value is -2.04. The van der Waals surface area contributed by atoms with Gasteiger partial charge in [0.1, 0.15) is 6.61 Å². The number of hydrogen-bond acceptors (Lipinski definition) is 3. The van der Waals surface area contributed by atoms with Crippen LogP contribution < -0.4 is 10.6 Å². The number of hydrogen-bond donors (Lipinski definition) is 2. The topological polar surface area (TPSA) is 67.4 Å². The minimum Gasteiger partial charge on any atom is -0.445 e. The van der Waals surface area contributed by atoms with Gasteiger partial charge in [-0.2, -0.15) is 0 Å². The minimum atomic E-state index is -0.427. The Morgan fingerprint density at radius 1 is 1.16 bits per heavy atom. The molecule has 0 radical (unpaired) electrons. The van der Waals surface area contributed by atoms with Crippen LogP contribution in [0.4, 0.5) is 4.79 Å². The van der Waals surface area contributed by atoms with Crippen molar-refractivity contribution in [1.29, 1.82) is 0 Å². The predicted molar refractivity (Wildman–Crippen MR) is 72.5 cm³/mol. The molecule has 0 aromatic heterocycles. The first-order valence-corrected chi connectivity index (χ1v) is 6.37. The Balaban J connectivity index is 2.04. The standard InChI is InChI=1S/C14H20N2O3/c1-15-13(17)9-5-6-10-16-14(18)19-11-12-7-3-2-4-8-12/h2-4,7-8H,5-6,9-11H2,1H3,(H,15,17)(H,16,18). The van der Waals surface area contributed by atoms with Gasteiger partial charge < -0.3 is 15.4 Å². The first-order valence-electron chi connectivity index (χ1n) is 6.37. The van der Waals surface area contributed by atoms with Crippen LogP contribution in [0.2, 0.25) is 0 Å². The molecule has 1 aromatic carbocycles. The molecule has 5 nitrogen and oxygen atoms in total. The zero-order valence-electron chi connectivity index (χ0n) is 11.1. The van der Waals surface area contributed by atoms with Gasteiger partial charge in [0.25, 0.3) is 0 Å². The van der Waals surface area contributed by atoms with Crippen molar-refractivity contribution in [3.63, 3.8) is 0 Å². The molecule has 0 fully saturated rings. The van der Waals surface area contributed by atoms with Gasteiger partial charge in [-0.25, -0.2) is 4.79 Å². The Kier molecular flexibility index (Phi) is 7.09. The third-order valence-electron chi connectivity index (χ3n) is 2.59. The molecule has 2 amide bonds. The molecule has 0 aliphatic rings. The molecule has 2 N–H and O–H groups in total. The Bertz CT molecular complexity index is 393. The van der Waals surface area contributed by atoms with Crippen molar-refractivity contribution in [2.45, 2.75) is 25.9 Å². The van der Waals surface area contributed by atoms with E-state index in [4.69, 9.17) is 4.74 Å². The maximum atomic E-state index is 11.4. The van der Waals surface area contributed by atoms with E-state index in [2.05, 4.69) is 10.6 Å². The van der Waals surface area contributed by atoms with E-state index in [1.807, 2.05) is 30.3 Å². The highest BCUT2D eigenvalue weighted by molar-refractivity contribution is 5.75. The number of benzene rings is 1. The summed E-state index contributed by atoms with van der Waals surface area (Å²) < 4.78 is 5.05. The van der Waals surface area contributed by atoms with E-state index >= 15 is 0 Å². The lowest BCUT2D eigenvalue weighted by molar-refractivity contribution is -0.120. The molecule has 0 aliphatic heterocycles. The molecule has 0 aliphatic carbocycles. The second-order valence-electron chi connectivity index (χ2n) is 4.12. The zero-order chi connectivity index (χ0) is 13.9. The van der Waals surface area contributed by atoms with E-state index in [9.17, 15) is 9.59 Å². The summed E-state index contributed by atoms with van der Waals surface area (Å²) in [5.41, 5.74) is 0.956. The van der Waals surface area contributed by atoms with Gasteiger partial charge in [0.2, 0.25) is 5.91 Å². The first kappa shape index (κ1) is 15.0. The number of carbonyl (C=O) groups is 2. The molecule has 5 heteroatoms. The van der Waals surface area contributed by atoms with Crippen molar-refractivity contribution in [3.8, 4) is 0 Å². The van der Waals surface area contributed by atoms with Crippen LogP contribution in [-0.2, 0) is 16.1 Å². The predicted octanol–water partition coefficient (Wildman–Crippen LogP) is 1.83. The fourth-order valence-corrected chi connectivity index (χ4v) is 1.50. The molecule has 1 aromatic rings. The fourth-order valence-electron chi connectivity index (χ4n) is 1.50. The quantitative estimate of drug-likeness (QED) is 0.738. The van der Waals surface area contributed by atoms with Gasteiger partial charge in [0.15, 0.2) is 0 Å². The number of carbonyl (C=O) groups excluding carboxylic acids is 2. The number of rotatable bonds is 7. The molecule has 0 saturated heterocycles. The highest BCUT2D eigenvalue weighted by Crippen LogP contribution is 2.00. The molecule has 0 unspecified atom stereocenters. The molecule has 0 spiro atoms. The number of ether oxygens (including phenoxy) is 1. The van der Waals surface area contributed by atoms with Gasteiger partial charge in [0, 0.05) is 20.0 Å². The molecule has 1 rings (SSSR count). The normalized spacial score (nSPS) is 9.74. The van der Waals surface area contributed by atoms with E-state index < -0.39 is 6.09 Å². The summed E-state index contributed by atoms with van der Waals surface area (Å²) >= 11 is 0. The number of amides is 2. The maximum Gasteiger partial charge on any atom is 0.407 e. The fraction of sp³-hybridized carbons (Fsp3) is 0.429. The minimum absolute atomic E-state index is 0.0201. The summed E-state index contributed by atoms with van der Waals surface area (Å²) in [6.45, 7) is 0.787. The Morgan fingerprint density at radius 2 is 1.89 bits per heavy atom. The van der Waals surface area contributed by atoms with Crippen molar-refractivity contribution < 1.29 is 14.3 Å². The van der Waals surface area contributed by atoms with Gasteiger partial charge >= 0.3 is 6.09 Å². The summed E-state index contributed by atoms with van der Waals surface area (Å²) in [7, 11) is 1.61. The lowest BCUT2D eigenvalue weighted by atomic mass is 10.2. The third-order valence-corrected chi connectivity index (χ3v) is 2.59. The zero-order valence-corrected chi connectivity index (χ0v) is 11.1. The summed E-state index contributed by atoms with van der Waals surface area (Å²) in [6.07, 6.45) is 1.56. The molecule has 0 bridgehead atoms. The van der Waals surface area contributed by atoms with E-state index in [1.54, 1.807) is 7.05 Å². The summed E-state index contributed by atoms with van der Waals surface area (Å²) in [5.74, 6) is 0.0201. The van der Waals surface area contributed by atoms with Gasteiger partial charge in [-0.1, -0.05) is 30.3 Å². The largest absolute Gasteiger partial charge is 0.445 e. The van der Waals surface area contributed by atoms with Crippen LogP contribution in [0.5, 0.6) is 0 Å². The second-order valence-corrected chi connectivity index (χ2v) is 4.12. The molecule has 0 heterocycles. The van der Waals surface area contributed by atoms with Crippen LogP contribution in [0.3, 0.4) is 0 Å². The molecule has 0 saturated carbocycles. The number of nitrogens with one attached hydrogen (secondary N) is 2. The van der Waals surface area contributed by atoms with Crippen LogP contribution in [0.15, 0.2) is 30.3 Å². The second kappa shape index (κ2) is 8.97. The van der Waals surface area contributed by atoms with Crippen LogP contribution in [0, 0.1) is 0 Å². The van der Waals surface area contributed by atoms with Gasteiger partial charge in [-0.15, -0.1) is 0 Å². The molecular weight excluding hydrogens is 244 g/mol. The van der Waals surface area contributed by atoms with Crippen molar-refractivity contribution in [1.82, 2.24) is 10.6 Å². The SMILES string of the molecule is CNC(=O)CCCCNC(=O)OCc1ccccc1. The van der Waals surface area contributed by atoms with Gasteiger partial charge in [0.05, 0.1) is 0 Å². The van der Waals surface area contributed by atoms with Crippen molar-refractivity contribution in [3.05, 3.63) is 35.9 Å². The first-order chi connectivity index (χ1) is 9.22. The van der Waals surface area contributed by atoms with Gasteiger partial charge in [-0.3, -0.25) is 4.79 Å². The third kappa shape index (κ3) is 7.08. The Morgan fingerprint density at radius 3 is 2.58 bits per heavy atom. The van der Waals surface area contributed by atoms with Crippen LogP contribution in [0.25, 0.3) is 0 Å². The van der Waals surface area contributed by atoms with Crippen molar-refractivity contribution >= 4 is 12.0 Å². The molecular formula is C14H20N2O3. The lowest BCUT2D eigenvalue weighted by Crippen LogP contribution is -2.25. The highest BCUT2D eigenvalue weighted by atomic mass is 16.5. The van der Waals surface area contributed by atoms with Crippen LogP contribution in [-0.4, -0.2) is 25.6 Å². The average molecular weight is 264 g/mol. The molecule has 19 heavy (non-hydrogen) atoms. The van der Waals surface area contributed by atoms with Crippen molar-refractivity contribution in [2.24, 2.45) is 0 Å². The molecule has 104 valence electrons. The Labute approximate surface area is 113 Å². The number of unbranched alkanes of at least 4 members (excludes halogenated alkanes) is 1. The smallest absolute Gasteiger partial charge is 0.407 e. The van der Waals surface area contributed by atoms with Gasteiger partial charge in [-0.05, 0) is 18.4 Å². The van der Waals surface area contributed by atoms with E-state index in [0.29, 0.717) is 13.0 Å². The van der Waals surface area contributed by atoms with E-state index in [1.165, 1.54) is 0 Å². The molecule has 0 atom stereocenters. The lowest BCUT2D eigenvalue weighted by Gasteiger charge is -2.06. The van der Waals surface area contributed by atoms with Crippen LogP contribution >= 0.6 is 0 Å². The summed E-state index contributed by atoms with van der Waals surface area (Å²) in [6, 6.07) is 9.51. The number of alkyl carbamates (subject to hydrolysis) is 1. The maximum absolute atomic E-state index is 11.4. The average Bonchev–Trinajstić information content (AvgIpc) is 2.45. The van der Waals surface area contributed by atoms with E-state index in [-0.39, 0.29) is 12.5 Å². The monoisotopic (exact) mass is 264 g/mol. The van der Waals surface area contributed by atoms with E-state index in [0.717, 1.165) is 18.4 Å². The summed E-state index contributed by atoms with van der Waals surface area (Å²) in [4.78, 5) is 22.3. The van der Waals surface area contributed by atoms with Crippen molar-refractivity contribution in [2.75, 3.05) is 13.6 Å². The summed E-state index contributed by atoms with van der Waals surface area (Å²) in [5, 5.41) is 5.20. The van der Waals surface area contributed by atoms with Crippen LogP contribution in [0.1, 0.15) is 24.8 Å². The highest BCUT2D eigenvalue weighted by Gasteiger charge is 2.02.